The van der Waals surface area contributed by atoms with Crippen molar-refractivity contribution in [3.8, 4) is 5.75 Å². The van der Waals surface area contributed by atoms with Crippen molar-refractivity contribution in [1.82, 2.24) is 4.72 Å². The molecule has 1 unspecified atom stereocenters. The summed E-state index contributed by atoms with van der Waals surface area (Å²) in [7, 11) is -5.80. The van der Waals surface area contributed by atoms with Crippen molar-refractivity contribution in [3.63, 3.8) is 0 Å². The minimum absolute atomic E-state index is 0.00236. The summed E-state index contributed by atoms with van der Waals surface area (Å²) < 4.78 is 60.9. The molecule has 0 amide bonds. The lowest BCUT2D eigenvalue weighted by molar-refractivity contribution is -0.141. The molecule has 11 heteroatoms. The normalized spacial score (nSPS) is 13.0. The largest absolute Gasteiger partial charge is 0.493 e. The monoisotopic (exact) mass is 461 g/mol. The van der Waals surface area contributed by atoms with Crippen LogP contribution in [0.5, 0.6) is 5.75 Å². The SMILES string of the molecule is CCS(=O)(=O)CCOc1ccc(S(=O)(=O)NC(CC(=O)OC)c2cccs2)cc1. The molecule has 0 fully saturated rings. The van der Waals surface area contributed by atoms with Gasteiger partial charge in [0.05, 0.1) is 30.2 Å². The van der Waals surface area contributed by atoms with E-state index < -0.39 is 31.9 Å². The van der Waals surface area contributed by atoms with Crippen LogP contribution in [0.15, 0.2) is 46.7 Å². The predicted molar refractivity (Wildman–Crippen MR) is 110 cm³/mol. The summed E-state index contributed by atoms with van der Waals surface area (Å²) in [6, 6.07) is 8.38. The smallest absolute Gasteiger partial charge is 0.307 e. The number of carbonyl (C=O) groups is 1. The molecule has 29 heavy (non-hydrogen) atoms. The van der Waals surface area contributed by atoms with Gasteiger partial charge in [-0.25, -0.2) is 21.6 Å². The number of esters is 1. The third-order valence-electron chi connectivity index (χ3n) is 4.02. The van der Waals surface area contributed by atoms with Crippen molar-refractivity contribution in [3.05, 3.63) is 46.7 Å². The lowest BCUT2D eigenvalue weighted by Gasteiger charge is -2.17. The van der Waals surface area contributed by atoms with Gasteiger partial charge in [0.15, 0.2) is 9.84 Å². The molecule has 2 aromatic rings. The molecule has 8 nitrogen and oxygen atoms in total. The van der Waals surface area contributed by atoms with Crippen LogP contribution < -0.4 is 9.46 Å². The number of methoxy groups -OCH3 is 1. The number of sulfone groups is 1. The molecule has 160 valence electrons. The Labute approximate surface area is 174 Å². The van der Waals surface area contributed by atoms with E-state index in [0.717, 1.165) is 0 Å². The van der Waals surface area contributed by atoms with E-state index in [4.69, 9.17) is 4.74 Å². The standard InChI is InChI=1S/C18H23NO7S3/c1-3-28(21,22)12-10-26-14-6-8-15(9-7-14)29(23,24)19-16(13-18(20)25-2)17-5-4-11-27-17/h4-9,11,16,19H,3,10,12-13H2,1-2H3. The fourth-order valence-electron chi connectivity index (χ4n) is 2.34. The molecule has 0 aliphatic heterocycles. The Morgan fingerprint density at radius 2 is 1.83 bits per heavy atom. The van der Waals surface area contributed by atoms with E-state index in [1.807, 2.05) is 0 Å². The number of nitrogens with one attached hydrogen (secondary N) is 1. The number of hydrogen-bond donors (Lipinski definition) is 1. The van der Waals surface area contributed by atoms with Crippen LogP contribution in [-0.2, 0) is 29.4 Å². The van der Waals surface area contributed by atoms with Crippen molar-refractivity contribution in [1.29, 1.82) is 0 Å². The van der Waals surface area contributed by atoms with Crippen LogP contribution in [0.1, 0.15) is 24.3 Å². The van der Waals surface area contributed by atoms with Gasteiger partial charge in [-0.1, -0.05) is 13.0 Å². The first-order valence-electron chi connectivity index (χ1n) is 8.72. The van der Waals surface area contributed by atoms with E-state index in [1.54, 1.807) is 24.4 Å². The molecule has 1 heterocycles. The first kappa shape index (κ1) is 23.3. The predicted octanol–water partition coefficient (Wildman–Crippen LogP) is 2.14. The highest BCUT2D eigenvalue weighted by Crippen LogP contribution is 2.25. The van der Waals surface area contributed by atoms with E-state index in [0.29, 0.717) is 10.6 Å². The number of sulfonamides is 1. The van der Waals surface area contributed by atoms with Crippen molar-refractivity contribution in [2.45, 2.75) is 24.3 Å². The first-order valence-corrected chi connectivity index (χ1v) is 12.9. The van der Waals surface area contributed by atoms with Crippen LogP contribution in [0.3, 0.4) is 0 Å². The molecule has 0 spiro atoms. The molecular formula is C18H23NO7S3. The fourth-order valence-corrected chi connectivity index (χ4v) is 5.03. The highest BCUT2D eigenvalue weighted by molar-refractivity contribution is 7.91. The number of ether oxygens (including phenoxy) is 2. The fraction of sp³-hybridized carbons (Fsp3) is 0.389. The molecule has 0 radical (unpaired) electrons. The summed E-state index contributed by atoms with van der Waals surface area (Å²) >= 11 is 1.33. The molecule has 0 aliphatic rings. The maximum atomic E-state index is 12.7. The van der Waals surface area contributed by atoms with Crippen molar-refractivity contribution < 1.29 is 31.1 Å². The molecule has 1 aromatic heterocycles. The Morgan fingerprint density at radius 1 is 1.14 bits per heavy atom. The van der Waals surface area contributed by atoms with E-state index in [9.17, 15) is 21.6 Å². The lowest BCUT2D eigenvalue weighted by Crippen LogP contribution is -2.30. The van der Waals surface area contributed by atoms with E-state index in [2.05, 4.69) is 9.46 Å². The summed E-state index contributed by atoms with van der Waals surface area (Å²) in [4.78, 5) is 12.4. The number of hydrogen-bond acceptors (Lipinski definition) is 8. The minimum Gasteiger partial charge on any atom is -0.493 e. The van der Waals surface area contributed by atoms with Gasteiger partial charge in [-0.05, 0) is 35.7 Å². The second-order valence-corrected chi connectivity index (χ2v) is 11.2. The molecule has 0 saturated carbocycles. The topological polar surface area (TPSA) is 116 Å². The zero-order chi connectivity index (χ0) is 21.5. The summed E-state index contributed by atoms with van der Waals surface area (Å²) in [5.41, 5.74) is 0. The average Bonchev–Trinajstić information content (AvgIpc) is 3.22. The number of thiophene rings is 1. The lowest BCUT2D eigenvalue weighted by atomic mass is 10.2. The maximum absolute atomic E-state index is 12.7. The van der Waals surface area contributed by atoms with E-state index in [1.165, 1.54) is 42.7 Å². The Morgan fingerprint density at radius 3 is 2.38 bits per heavy atom. The molecule has 1 N–H and O–H groups in total. The molecular weight excluding hydrogens is 438 g/mol. The van der Waals surface area contributed by atoms with E-state index >= 15 is 0 Å². The van der Waals surface area contributed by atoms with Gasteiger partial charge in [-0.15, -0.1) is 11.3 Å². The van der Waals surface area contributed by atoms with Gasteiger partial charge in [0.25, 0.3) is 0 Å². The third-order valence-corrected chi connectivity index (χ3v) is 8.16. The Balaban J connectivity index is 2.08. The van der Waals surface area contributed by atoms with Crippen LogP contribution in [-0.4, -0.2) is 48.0 Å². The zero-order valence-corrected chi connectivity index (χ0v) is 18.5. The molecule has 0 saturated heterocycles. The Hall–Kier alpha value is -1.95. The molecule has 1 atom stereocenters. The Bertz CT molecular complexity index is 998. The minimum atomic E-state index is -3.91. The van der Waals surface area contributed by atoms with Crippen molar-refractivity contribution in [2.75, 3.05) is 25.2 Å². The van der Waals surface area contributed by atoms with Gasteiger partial charge in [0, 0.05) is 10.6 Å². The quantitative estimate of drug-likeness (QED) is 0.510. The van der Waals surface area contributed by atoms with Gasteiger partial charge in [-0.3, -0.25) is 4.79 Å². The van der Waals surface area contributed by atoms with Crippen molar-refractivity contribution >= 4 is 37.2 Å². The molecule has 1 aromatic carbocycles. The van der Waals surface area contributed by atoms with Gasteiger partial charge >= 0.3 is 5.97 Å². The van der Waals surface area contributed by atoms with Crippen LogP contribution in [0.25, 0.3) is 0 Å². The molecule has 0 bridgehead atoms. The molecule has 0 aliphatic carbocycles. The summed E-state index contributed by atoms with van der Waals surface area (Å²) in [6.07, 6.45) is -0.136. The van der Waals surface area contributed by atoms with Crippen LogP contribution in [0.2, 0.25) is 0 Å². The maximum Gasteiger partial charge on any atom is 0.307 e. The summed E-state index contributed by atoms with van der Waals surface area (Å²) in [5.74, 6) is -0.242. The van der Waals surface area contributed by atoms with Gasteiger partial charge in [-0.2, -0.15) is 0 Å². The van der Waals surface area contributed by atoms with Gasteiger partial charge in [0.1, 0.15) is 12.4 Å². The summed E-state index contributed by atoms with van der Waals surface area (Å²) in [6.45, 7) is 1.55. The zero-order valence-electron chi connectivity index (χ0n) is 16.0. The number of carbonyl (C=O) groups excluding carboxylic acids is 1. The van der Waals surface area contributed by atoms with Crippen molar-refractivity contribution in [2.24, 2.45) is 0 Å². The third kappa shape index (κ3) is 7.11. The Kier molecular flexibility index (Phi) is 8.20. The number of benzene rings is 1. The highest BCUT2D eigenvalue weighted by atomic mass is 32.2. The second-order valence-electron chi connectivity index (χ2n) is 6.03. The van der Waals surface area contributed by atoms with E-state index in [-0.39, 0.29) is 29.4 Å². The van der Waals surface area contributed by atoms with Gasteiger partial charge in [0.2, 0.25) is 10.0 Å². The second kappa shape index (κ2) is 10.2. The van der Waals surface area contributed by atoms with Crippen LogP contribution in [0.4, 0.5) is 0 Å². The molecule has 2 rings (SSSR count). The average molecular weight is 462 g/mol. The first-order chi connectivity index (χ1) is 13.7. The number of rotatable bonds is 11. The highest BCUT2D eigenvalue weighted by Gasteiger charge is 2.25. The van der Waals surface area contributed by atoms with Crippen LogP contribution in [0, 0.1) is 0 Å². The summed E-state index contributed by atoms with van der Waals surface area (Å²) in [5, 5.41) is 1.79. The van der Waals surface area contributed by atoms with Gasteiger partial charge < -0.3 is 9.47 Å². The van der Waals surface area contributed by atoms with Crippen LogP contribution >= 0.6 is 11.3 Å².